The molecule has 4 heterocycles. The molecule has 2 bridgehead atoms. The van der Waals surface area contributed by atoms with E-state index in [1.807, 2.05) is 26.0 Å². The first-order chi connectivity index (χ1) is 14.3. The van der Waals surface area contributed by atoms with Crippen molar-refractivity contribution < 1.29 is 29.0 Å². The number of methoxy groups -OCH3 is 1. The van der Waals surface area contributed by atoms with Crippen molar-refractivity contribution in [1.82, 2.24) is 10.2 Å². The van der Waals surface area contributed by atoms with Crippen LogP contribution in [0.25, 0.3) is 0 Å². The maximum absolute atomic E-state index is 12.0. The van der Waals surface area contributed by atoms with Crippen LogP contribution in [-0.2, 0) is 25.6 Å². The highest BCUT2D eigenvalue weighted by molar-refractivity contribution is 7.13. The van der Waals surface area contributed by atoms with Gasteiger partial charge in [0.05, 0.1) is 18.8 Å². The van der Waals surface area contributed by atoms with E-state index in [9.17, 15) is 9.59 Å². The van der Waals surface area contributed by atoms with E-state index >= 15 is 0 Å². The fraction of sp³-hybridized carbons (Fsp3) is 0.667. The van der Waals surface area contributed by atoms with Crippen molar-refractivity contribution in [3.63, 3.8) is 0 Å². The predicted octanol–water partition coefficient (Wildman–Crippen LogP) is 1.99. The number of likely N-dealkylation sites (tertiary alicyclic amines) is 1. The molecule has 1 aromatic heterocycles. The van der Waals surface area contributed by atoms with Gasteiger partial charge in [-0.25, -0.2) is 4.79 Å². The van der Waals surface area contributed by atoms with Gasteiger partial charge in [-0.15, -0.1) is 11.3 Å². The quantitative estimate of drug-likeness (QED) is 0.517. The van der Waals surface area contributed by atoms with Crippen molar-refractivity contribution in [1.29, 1.82) is 0 Å². The van der Waals surface area contributed by atoms with Crippen LogP contribution in [0.4, 0.5) is 0 Å². The molecule has 4 atom stereocenters. The number of fused-ring (bicyclic) bond motifs is 1. The van der Waals surface area contributed by atoms with Crippen LogP contribution in [0.1, 0.15) is 41.2 Å². The number of carbonyl (C=O) groups excluding carboxylic acids is 2. The average molecular weight is 439 g/mol. The highest BCUT2D eigenvalue weighted by atomic mass is 32.1. The monoisotopic (exact) mass is 438 g/mol. The Kier molecular flexibility index (Phi) is 7.15. The topological polar surface area (TPSA) is 105 Å². The minimum absolute atomic E-state index is 0.0152. The molecule has 9 heteroatoms. The summed E-state index contributed by atoms with van der Waals surface area (Å²) in [7, 11) is 1.41. The van der Waals surface area contributed by atoms with Gasteiger partial charge in [0.2, 0.25) is 5.91 Å². The Morgan fingerprint density at radius 1 is 1.47 bits per heavy atom. The molecule has 166 valence electrons. The summed E-state index contributed by atoms with van der Waals surface area (Å²) in [5.74, 6) is 0.743. The lowest BCUT2D eigenvalue weighted by atomic mass is 9.73. The summed E-state index contributed by atoms with van der Waals surface area (Å²) in [5.41, 5.74) is -0.0413. The van der Waals surface area contributed by atoms with Gasteiger partial charge in [-0.3, -0.25) is 14.5 Å². The maximum Gasteiger partial charge on any atom is 0.348 e. The largest absolute Gasteiger partial charge is 0.483 e. The van der Waals surface area contributed by atoms with Crippen molar-refractivity contribution in [2.45, 2.75) is 44.9 Å². The van der Waals surface area contributed by atoms with Gasteiger partial charge in [0.15, 0.2) is 0 Å². The molecule has 1 aromatic rings. The molecule has 1 amide bonds. The van der Waals surface area contributed by atoms with E-state index in [-0.39, 0.29) is 36.0 Å². The minimum atomic E-state index is -0.272. The number of thiophene rings is 1. The lowest BCUT2D eigenvalue weighted by Crippen LogP contribution is -2.42. The first-order valence-corrected chi connectivity index (χ1v) is 11.1. The fourth-order valence-electron chi connectivity index (χ4n) is 5.00. The van der Waals surface area contributed by atoms with Crippen molar-refractivity contribution in [3.8, 4) is 0 Å². The molecular formula is C21H30N2O6S. The van der Waals surface area contributed by atoms with Crippen LogP contribution in [0.15, 0.2) is 12.1 Å². The Hall–Kier alpha value is -1.97. The second kappa shape index (κ2) is 9.45. The van der Waals surface area contributed by atoms with Gasteiger partial charge >= 0.3 is 5.97 Å². The third kappa shape index (κ3) is 4.53. The van der Waals surface area contributed by atoms with E-state index < -0.39 is 0 Å². The third-order valence-electron chi connectivity index (χ3n) is 6.32. The molecule has 0 radical (unpaired) electrons. The molecule has 30 heavy (non-hydrogen) atoms. The van der Waals surface area contributed by atoms with Gasteiger partial charge < -0.3 is 19.9 Å². The van der Waals surface area contributed by atoms with Crippen molar-refractivity contribution in [2.75, 3.05) is 26.7 Å². The van der Waals surface area contributed by atoms with E-state index in [2.05, 4.69) is 10.2 Å². The van der Waals surface area contributed by atoms with Crippen LogP contribution < -0.4 is 5.32 Å². The zero-order valence-electron chi connectivity index (χ0n) is 17.6. The van der Waals surface area contributed by atoms with Gasteiger partial charge in [0, 0.05) is 48.8 Å². The highest BCUT2D eigenvalue weighted by Gasteiger charge is 2.62. The van der Waals surface area contributed by atoms with Gasteiger partial charge in [0.25, 0.3) is 6.47 Å². The molecule has 3 saturated heterocycles. The van der Waals surface area contributed by atoms with E-state index in [1.54, 1.807) is 0 Å². The number of ether oxygens (including phenoxy) is 2. The Morgan fingerprint density at radius 3 is 2.87 bits per heavy atom. The zero-order valence-corrected chi connectivity index (χ0v) is 18.4. The second-order valence-corrected chi connectivity index (χ2v) is 9.63. The Balaban J connectivity index is 0.000000806. The lowest BCUT2D eigenvalue weighted by molar-refractivity contribution is -0.124. The first kappa shape index (κ1) is 22.7. The molecular weight excluding hydrogens is 408 g/mol. The number of carboxylic acid groups (broad SMARTS) is 1. The molecule has 1 spiro atoms. The molecule has 0 aromatic carbocycles. The molecule has 3 fully saturated rings. The summed E-state index contributed by atoms with van der Waals surface area (Å²) in [6.45, 7) is 7.08. The Morgan fingerprint density at radius 2 is 2.20 bits per heavy atom. The molecule has 0 saturated carbocycles. The zero-order chi connectivity index (χ0) is 21.9. The van der Waals surface area contributed by atoms with Gasteiger partial charge in [-0.1, -0.05) is 13.8 Å². The third-order valence-corrected chi connectivity index (χ3v) is 7.37. The summed E-state index contributed by atoms with van der Waals surface area (Å²) >= 11 is 1.50. The smallest absolute Gasteiger partial charge is 0.348 e. The van der Waals surface area contributed by atoms with Crippen LogP contribution in [0.3, 0.4) is 0 Å². The lowest BCUT2D eigenvalue weighted by Gasteiger charge is -2.29. The minimum Gasteiger partial charge on any atom is -0.483 e. The molecule has 0 aliphatic carbocycles. The van der Waals surface area contributed by atoms with Gasteiger partial charge in [-0.05, 0) is 25.0 Å². The molecule has 2 N–H and O–H groups in total. The van der Waals surface area contributed by atoms with Gasteiger partial charge in [0.1, 0.15) is 4.88 Å². The number of rotatable bonds is 6. The van der Waals surface area contributed by atoms with E-state index in [0.29, 0.717) is 23.3 Å². The van der Waals surface area contributed by atoms with Crippen molar-refractivity contribution in [2.24, 2.45) is 17.8 Å². The number of hydrogen-bond donors (Lipinski definition) is 2. The number of amides is 1. The Labute approximate surface area is 180 Å². The average Bonchev–Trinajstić information content (AvgIpc) is 3.46. The van der Waals surface area contributed by atoms with E-state index in [4.69, 9.17) is 19.4 Å². The number of esters is 1. The number of carbonyl (C=O) groups is 3. The number of hydrogen-bond acceptors (Lipinski definition) is 7. The van der Waals surface area contributed by atoms with Crippen LogP contribution >= 0.6 is 11.3 Å². The van der Waals surface area contributed by atoms with E-state index in [0.717, 1.165) is 32.5 Å². The van der Waals surface area contributed by atoms with Crippen molar-refractivity contribution >= 4 is 29.7 Å². The van der Waals surface area contributed by atoms with Gasteiger partial charge in [-0.2, -0.15) is 0 Å². The normalized spacial score (nSPS) is 29.3. The van der Waals surface area contributed by atoms with Crippen LogP contribution in [-0.4, -0.2) is 66.8 Å². The number of nitrogens with zero attached hydrogens (tertiary/aromatic N) is 1. The summed E-state index contributed by atoms with van der Waals surface area (Å²) in [4.78, 5) is 36.3. The summed E-state index contributed by atoms with van der Waals surface area (Å²) in [5, 5.41) is 10.0. The van der Waals surface area contributed by atoms with Crippen molar-refractivity contribution in [3.05, 3.63) is 21.9 Å². The summed E-state index contributed by atoms with van der Waals surface area (Å²) in [6, 6.07) is 3.86. The maximum atomic E-state index is 12.0. The fourth-order valence-corrected chi connectivity index (χ4v) is 5.96. The first-order valence-electron chi connectivity index (χ1n) is 10.3. The molecule has 4 rings (SSSR count). The van der Waals surface area contributed by atoms with Crippen LogP contribution in [0.2, 0.25) is 0 Å². The van der Waals surface area contributed by atoms with E-state index in [1.165, 1.54) is 23.3 Å². The summed E-state index contributed by atoms with van der Waals surface area (Å²) in [6.07, 6.45) is 2.50. The summed E-state index contributed by atoms with van der Waals surface area (Å²) < 4.78 is 11.3. The molecule has 8 nitrogen and oxygen atoms in total. The van der Waals surface area contributed by atoms with Crippen LogP contribution in [0.5, 0.6) is 0 Å². The Bertz CT molecular complexity index is 781. The molecule has 3 aliphatic rings. The second-order valence-electron chi connectivity index (χ2n) is 8.46. The predicted molar refractivity (Wildman–Crippen MR) is 111 cm³/mol. The standard InChI is InChI=1S/C20H28N2O4S.CH2O2/c1-12(2)18(23)21-8-14-15-10-22(11-20(15)7-6-16(14)26-20)9-13-4-5-17(27-13)19(24)25-3;2-1-3/h4-5,12,14-16H,6-11H2,1-3H3,(H,21,23);1H,(H,2,3)/t14-,15+,16+,20+;/m0./s1. The number of nitrogens with one attached hydrogen (secondary N) is 1. The highest BCUT2D eigenvalue weighted by Crippen LogP contribution is 2.54. The SMILES string of the molecule is COC(=O)c1ccc(CN2C[C@@H]3[C@H](CNC(=O)C(C)C)[C@H]4CC[C@]3(C2)O4)s1.O=CO. The van der Waals surface area contributed by atoms with Crippen LogP contribution in [0, 0.1) is 17.8 Å². The molecule has 3 aliphatic heterocycles. The molecule has 0 unspecified atom stereocenters.